The second kappa shape index (κ2) is 8.34. The van der Waals surface area contributed by atoms with Gasteiger partial charge in [-0.05, 0) is 36.4 Å². The third-order valence-corrected chi connectivity index (χ3v) is 3.30. The van der Waals surface area contributed by atoms with Gasteiger partial charge >= 0.3 is 5.97 Å². The van der Waals surface area contributed by atoms with Crippen LogP contribution in [-0.2, 0) is 9.53 Å². The summed E-state index contributed by atoms with van der Waals surface area (Å²) in [7, 11) is 1.31. The SMILES string of the molecule is COC(=O)c1ccc(NC(=O)CCNc2ccccc2C#N)cc1. The molecule has 0 aliphatic rings. The first kappa shape index (κ1) is 17.0. The lowest BCUT2D eigenvalue weighted by atomic mass is 10.2. The van der Waals surface area contributed by atoms with Crippen LogP contribution in [0.2, 0.25) is 0 Å². The summed E-state index contributed by atoms with van der Waals surface area (Å²) >= 11 is 0. The highest BCUT2D eigenvalue weighted by atomic mass is 16.5. The van der Waals surface area contributed by atoms with E-state index in [1.807, 2.05) is 6.07 Å². The molecule has 0 saturated carbocycles. The van der Waals surface area contributed by atoms with Gasteiger partial charge in [-0.2, -0.15) is 5.26 Å². The maximum atomic E-state index is 11.9. The minimum absolute atomic E-state index is 0.164. The van der Waals surface area contributed by atoms with Crippen LogP contribution in [0.5, 0.6) is 0 Å². The van der Waals surface area contributed by atoms with Crippen LogP contribution in [-0.4, -0.2) is 25.5 Å². The second-order valence-electron chi connectivity index (χ2n) is 4.95. The molecule has 6 heteroatoms. The molecule has 2 rings (SSSR count). The number of ether oxygens (including phenoxy) is 1. The molecule has 0 aromatic heterocycles. The number of esters is 1. The van der Waals surface area contributed by atoms with Crippen LogP contribution in [0.1, 0.15) is 22.3 Å². The number of rotatable bonds is 6. The van der Waals surface area contributed by atoms with E-state index in [2.05, 4.69) is 21.4 Å². The minimum Gasteiger partial charge on any atom is -0.465 e. The topological polar surface area (TPSA) is 91.2 Å². The molecule has 0 heterocycles. The highest BCUT2D eigenvalue weighted by Gasteiger charge is 2.07. The monoisotopic (exact) mass is 323 g/mol. The number of hydrogen-bond donors (Lipinski definition) is 2. The zero-order valence-corrected chi connectivity index (χ0v) is 13.2. The smallest absolute Gasteiger partial charge is 0.337 e. The predicted molar refractivity (Wildman–Crippen MR) is 90.7 cm³/mol. The van der Waals surface area contributed by atoms with E-state index in [4.69, 9.17) is 5.26 Å². The second-order valence-corrected chi connectivity index (χ2v) is 4.95. The van der Waals surface area contributed by atoms with E-state index in [0.717, 1.165) is 0 Å². The first-order valence-corrected chi connectivity index (χ1v) is 7.35. The number of nitriles is 1. The third-order valence-electron chi connectivity index (χ3n) is 3.30. The lowest BCUT2D eigenvalue weighted by molar-refractivity contribution is -0.115. The normalized spacial score (nSPS) is 9.67. The first-order chi connectivity index (χ1) is 11.6. The van der Waals surface area contributed by atoms with Crippen molar-refractivity contribution in [2.45, 2.75) is 6.42 Å². The van der Waals surface area contributed by atoms with Gasteiger partial charge in [0.1, 0.15) is 6.07 Å². The van der Waals surface area contributed by atoms with Gasteiger partial charge in [0.2, 0.25) is 5.91 Å². The van der Waals surface area contributed by atoms with Crippen LogP contribution < -0.4 is 10.6 Å². The standard InChI is InChI=1S/C18H17N3O3/c1-24-18(23)13-6-8-15(9-7-13)21-17(22)10-11-20-16-5-3-2-4-14(16)12-19/h2-9,20H,10-11H2,1H3,(H,21,22). The lowest BCUT2D eigenvalue weighted by Gasteiger charge is -2.09. The van der Waals surface area contributed by atoms with Crippen LogP contribution in [0.25, 0.3) is 0 Å². The lowest BCUT2D eigenvalue weighted by Crippen LogP contribution is -2.16. The van der Waals surface area contributed by atoms with E-state index < -0.39 is 5.97 Å². The highest BCUT2D eigenvalue weighted by Crippen LogP contribution is 2.14. The molecule has 0 aliphatic carbocycles. The molecule has 122 valence electrons. The van der Waals surface area contributed by atoms with Crippen molar-refractivity contribution in [3.05, 3.63) is 59.7 Å². The fourth-order valence-corrected chi connectivity index (χ4v) is 2.08. The Morgan fingerprint density at radius 3 is 2.50 bits per heavy atom. The van der Waals surface area contributed by atoms with Crippen molar-refractivity contribution >= 4 is 23.3 Å². The largest absolute Gasteiger partial charge is 0.465 e. The molecule has 24 heavy (non-hydrogen) atoms. The van der Waals surface area contributed by atoms with Gasteiger partial charge in [-0.25, -0.2) is 4.79 Å². The average molecular weight is 323 g/mol. The quantitative estimate of drug-likeness (QED) is 0.798. The minimum atomic E-state index is -0.423. The fraction of sp³-hybridized carbons (Fsp3) is 0.167. The molecule has 0 atom stereocenters. The summed E-state index contributed by atoms with van der Waals surface area (Å²) < 4.78 is 4.61. The summed E-state index contributed by atoms with van der Waals surface area (Å²) in [5.74, 6) is -0.587. The Bertz CT molecular complexity index is 764. The Balaban J connectivity index is 1.83. The molecular weight excluding hydrogens is 306 g/mol. The maximum Gasteiger partial charge on any atom is 0.337 e. The average Bonchev–Trinajstić information content (AvgIpc) is 2.62. The van der Waals surface area contributed by atoms with Crippen molar-refractivity contribution < 1.29 is 14.3 Å². The summed E-state index contributed by atoms with van der Waals surface area (Å²) in [6, 6.07) is 15.7. The summed E-state index contributed by atoms with van der Waals surface area (Å²) in [4.78, 5) is 23.3. The molecule has 6 nitrogen and oxygen atoms in total. The van der Waals surface area contributed by atoms with E-state index in [1.54, 1.807) is 42.5 Å². The molecule has 2 aromatic rings. The van der Waals surface area contributed by atoms with Crippen molar-refractivity contribution in [1.82, 2.24) is 0 Å². The van der Waals surface area contributed by atoms with Crippen molar-refractivity contribution in [3.63, 3.8) is 0 Å². The van der Waals surface area contributed by atoms with Gasteiger partial charge in [-0.1, -0.05) is 12.1 Å². The zero-order valence-electron chi connectivity index (χ0n) is 13.2. The number of amides is 1. The molecule has 0 radical (unpaired) electrons. The summed E-state index contributed by atoms with van der Waals surface area (Å²) in [6.07, 6.45) is 0.249. The van der Waals surface area contributed by atoms with Crippen LogP contribution in [0.3, 0.4) is 0 Å². The van der Waals surface area contributed by atoms with Crippen LogP contribution >= 0.6 is 0 Å². The summed E-state index contributed by atoms with van der Waals surface area (Å²) in [5, 5.41) is 14.8. The molecular formula is C18H17N3O3. The number of carbonyl (C=O) groups excluding carboxylic acids is 2. The molecule has 0 unspecified atom stereocenters. The van der Waals surface area contributed by atoms with Gasteiger partial charge in [0, 0.05) is 18.7 Å². The van der Waals surface area contributed by atoms with Crippen LogP contribution in [0, 0.1) is 11.3 Å². The maximum absolute atomic E-state index is 11.9. The number of hydrogen-bond acceptors (Lipinski definition) is 5. The highest BCUT2D eigenvalue weighted by molar-refractivity contribution is 5.93. The van der Waals surface area contributed by atoms with E-state index in [0.29, 0.717) is 29.0 Å². The van der Waals surface area contributed by atoms with Gasteiger partial charge in [-0.3, -0.25) is 4.79 Å². The Hall–Kier alpha value is -3.33. The Labute approximate surface area is 140 Å². The summed E-state index contributed by atoms with van der Waals surface area (Å²) in [6.45, 7) is 0.408. The van der Waals surface area contributed by atoms with Gasteiger partial charge in [-0.15, -0.1) is 0 Å². The third kappa shape index (κ3) is 4.58. The molecule has 0 aliphatic heterocycles. The van der Waals surface area contributed by atoms with E-state index in [9.17, 15) is 9.59 Å². The van der Waals surface area contributed by atoms with E-state index in [1.165, 1.54) is 7.11 Å². The number of anilines is 2. The van der Waals surface area contributed by atoms with E-state index in [-0.39, 0.29) is 12.3 Å². The number of nitrogens with one attached hydrogen (secondary N) is 2. The molecule has 0 saturated heterocycles. The van der Waals surface area contributed by atoms with Crippen molar-refractivity contribution in [1.29, 1.82) is 5.26 Å². The molecule has 0 fully saturated rings. The zero-order chi connectivity index (χ0) is 17.4. The van der Waals surface area contributed by atoms with Crippen LogP contribution in [0.15, 0.2) is 48.5 Å². The molecule has 0 spiro atoms. The number of para-hydroxylation sites is 1. The first-order valence-electron chi connectivity index (χ1n) is 7.35. The van der Waals surface area contributed by atoms with Crippen molar-refractivity contribution in [2.75, 3.05) is 24.3 Å². The Morgan fingerprint density at radius 2 is 1.83 bits per heavy atom. The fourth-order valence-electron chi connectivity index (χ4n) is 2.08. The van der Waals surface area contributed by atoms with Gasteiger partial charge < -0.3 is 15.4 Å². The molecule has 0 bridgehead atoms. The van der Waals surface area contributed by atoms with Gasteiger partial charge in [0.15, 0.2) is 0 Å². The Kier molecular flexibility index (Phi) is 5.92. The Morgan fingerprint density at radius 1 is 1.12 bits per heavy atom. The van der Waals surface area contributed by atoms with Crippen LogP contribution in [0.4, 0.5) is 11.4 Å². The molecule has 2 N–H and O–H groups in total. The van der Waals surface area contributed by atoms with Crippen molar-refractivity contribution in [2.24, 2.45) is 0 Å². The number of benzene rings is 2. The van der Waals surface area contributed by atoms with Crippen molar-refractivity contribution in [3.8, 4) is 6.07 Å². The van der Waals surface area contributed by atoms with Gasteiger partial charge in [0.25, 0.3) is 0 Å². The summed E-state index contributed by atoms with van der Waals surface area (Å²) in [5.41, 5.74) is 2.27. The number of nitrogens with zero attached hydrogens (tertiary/aromatic N) is 1. The molecule has 2 aromatic carbocycles. The number of carbonyl (C=O) groups is 2. The number of methoxy groups -OCH3 is 1. The van der Waals surface area contributed by atoms with E-state index >= 15 is 0 Å². The van der Waals surface area contributed by atoms with Gasteiger partial charge in [0.05, 0.1) is 23.9 Å². The molecule has 1 amide bonds. The predicted octanol–water partition coefficient (Wildman–Crippen LogP) is 2.79.